The van der Waals surface area contributed by atoms with Crippen molar-refractivity contribution in [2.24, 2.45) is 0 Å². The van der Waals surface area contributed by atoms with Gasteiger partial charge in [-0.3, -0.25) is 0 Å². The average molecular weight is 286 g/mol. The normalized spacial score (nSPS) is 9.95. The van der Waals surface area contributed by atoms with Gasteiger partial charge < -0.3 is 20.5 Å². The Balaban J connectivity index is 1.86. The standard InChI is InChI=1S/C16H18N2O3/c1-21-15-8-4-13(5-9-15)10-17-14-6-2-12(3-7-14)11-18-16(19)20/h2-9,17-18H,10-11H2,1H3,(H,19,20). The van der Waals surface area contributed by atoms with Crippen LogP contribution in [0.2, 0.25) is 0 Å². The topological polar surface area (TPSA) is 70.6 Å². The van der Waals surface area contributed by atoms with Crippen LogP contribution in [0.3, 0.4) is 0 Å². The molecule has 0 heterocycles. The highest BCUT2D eigenvalue weighted by Crippen LogP contribution is 2.14. The van der Waals surface area contributed by atoms with Crippen molar-refractivity contribution in [1.82, 2.24) is 5.32 Å². The summed E-state index contributed by atoms with van der Waals surface area (Å²) in [5, 5.41) is 14.2. The zero-order valence-corrected chi connectivity index (χ0v) is 11.8. The third kappa shape index (κ3) is 4.72. The van der Waals surface area contributed by atoms with E-state index in [1.807, 2.05) is 48.5 Å². The summed E-state index contributed by atoms with van der Waals surface area (Å²) in [5.74, 6) is 0.842. The lowest BCUT2D eigenvalue weighted by molar-refractivity contribution is 0.194. The van der Waals surface area contributed by atoms with Crippen LogP contribution < -0.4 is 15.4 Å². The Hall–Kier alpha value is -2.69. The molecule has 0 aliphatic carbocycles. The summed E-state index contributed by atoms with van der Waals surface area (Å²) >= 11 is 0. The molecule has 21 heavy (non-hydrogen) atoms. The molecule has 0 saturated carbocycles. The molecule has 0 fully saturated rings. The molecule has 5 nitrogen and oxygen atoms in total. The van der Waals surface area contributed by atoms with E-state index in [2.05, 4.69) is 10.6 Å². The molecule has 0 unspecified atom stereocenters. The first kappa shape index (κ1) is 14.7. The fourth-order valence-electron chi connectivity index (χ4n) is 1.87. The summed E-state index contributed by atoms with van der Waals surface area (Å²) in [7, 11) is 1.65. The van der Waals surface area contributed by atoms with Crippen LogP contribution >= 0.6 is 0 Å². The summed E-state index contributed by atoms with van der Waals surface area (Å²) < 4.78 is 5.12. The fraction of sp³-hybridized carbons (Fsp3) is 0.188. The largest absolute Gasteiger partial charge is 0.497 e. The quantitative estimate of drug-likeness (QED) is 0.763. The monoisotopic (exact) mass is 286 g/mol. The zero-order valence-electron chi connectivity index (χ0n) is 11.8. The van der Waals surface area contributed by atoms with Crippen molar-refractivity contribution in [1.29, 1.82) is 0 Å². The van der Waals surface area contributed by atoms with Gasteiger partial charge in [0.1, 0.15) is 5.75 Å². The summed E-state index contributed by atoms with van der Waals surface area (Å²) in [6, 6.07) is 15.5. The molecule has 1 amide bonds. The van der Waals surface area contributed by atoms with Gasteiger partial charge >= 0.3 is 6.09 Å². The van der Waals surface area contributed by atoms with Crippen molar-refractivity contribution in [3.8, 4) is 5.75 Å². The zero-order chi connectivity index (χ0) is 15.1. The number of methoxy groups -OCH3 is 1. The number of amides is 1. The minimum absolute atomic E-state index is 0.314. The van der Waals surface area contributed by atoms with Crippen LogP contribution in [0, 0.1) is 0 Å². The molecule has 0 atom stereocenters. The maximum Gasteiger partial charge on any atom is 0.404 e. The average Bonchev–Trinajstić information content (AvgIpc) is 2.52. The third-order valence-corrected chi connectivity index (χ3v) is 3.05. The van der Waals surface area contributed by atoms with Crippen LogP contribution in [-0.4, -0.2) is 18.3 Å². The number of hydrogen-bond acceptors (Lipinski definition) is 3. The van der Waals surface area contributed by atoms with E-state index in [1.165, 1.54) is 0 Å². The lowest BCUT2D eigenvalue weighted by Gasteiger charge is -2.08. The van der Waals surface area contributed by atoms with E-state index in [0.29, 0.717) is 6.54 Å². The van der Waals surface area contributed by atoms with Gasteiger partial charge in [0.05, 0.1) is 7.11 Å². The van der Waals surface area contributed by atoms with Crippen molar-refractivity contribution >= 4 is 11.8 Å². The van der Waals surface area contributed by atoms with E-state index >= 15 is 0 Å². The smallest absolute Gasteiger partial charge is 0.404 e. The second-order valence-electron chi connectivity index (χ2n) is 4.56. The van der Waals surface area contributed by atoms with E-state index in [1.54, 1.807) is 7.11 Å². The van der Waals surface area contributed by atoms with Gasteiger partial charge in [0.15, 0.2) is 0 Å². The molecule has 2 aromatic rings. The van der Waals surface area contributed by atoms with Crippen LogP contribution in [-0.2, 0) is 13.1 Å². The van der Waals surface area contributed by atoms with Gasteiger partial charge in [0.25, 0.3) is 0 Å². The third-order valence-electron chi connectivity index (χ3n) is 3.05. The van der Waals surface area contributed by atoms with Crippen LogP contribution in [0.1, 0.15) is 11.1 Å². The molecular formula is C16H18N2O3. The predicted molar refractivity (Wildman–Crippen MR) is 81.6 cm³/mol. The SMILES string of the molecule is COc1ccc(CNc2ccc(CNC(=O)O)cc2)cc1. The van der Waals surface area contributed by atoms with Crippen LogP contribution in [0.4, 0.5) is 10.5 Å². The Labute approximate surface area is 123 Å². The van der Waals surface area contributed by atoms with Gasteiger partial charge in [-0.25, -0.2) is 4.79 Å². The van der Waals surface area contributed by atoms with Crippen LogP contribution in [0.5, 0.6) is 5.75 Å². The van der Waals surface area contributed by atoms with E-state index in [4.69, 9.17) is 9.84 Å². The number of anilines is 1. The second kappa shape index (κ2) is 7.19. The Bertz CT molecular complexity index is 579. The van der Waals surface area contributed by atoms with Gasteiger partial charge in [-0.2, -0.15) is 0 Å². The molecule has 110 valence electrons. The highest BCUT2D eigenvalue weighted by atomic mass is 16.5. The van der Waals surface area contributed by atoms with Gasteiger partial charge in [-0.15, -0.1) is 0 Å². The summed E-state index contributed by atoms with van der Waals surface area (Å²) in [6.45, 7) is 1.03. The van der Waals surface area contributed by atoms with Crippen molar-refractivity contribution < 1.29 is 14.6 Å². The Morgan fingerprint density at radius 2 is 1.57 bits per heavy atom. The Kier molecular flexibility index (Phi) is 5.04. The number of nitrogens with one attached hydrogen (secondary N) is 2. The second-order valence-corrected chi connectivity index (χ2v) is 4.56. The van der Waals surface area contributed by atoms with E-state index < -0.39 is 6.09 Å². The highest BCUT2D eigenvalue weighted by Gasteiger charge is 1.98. The van der Waals surface area contributed by atoms with Crippen molar-refractivity contribution in [3.05, 3.63) is 59.7 Å². The first-order chi connectivity index (χ1) is 10.2. The molecule has 0 aromatic heterocycles. The minimum atomic E-state index is -1.02. The predicted octanol–water partition coefficient (Wildman–Crippen LogP) is 3.07. The van der Waals surface area contributed by atoms with Crippen molar-refractivity contribution in [2.45, 2.75) is 13.1 Å². The maximum atomic E-state index is 10.4. The first-order valence-corrected chi connectivity index (χ1v) is 6.60. The van der Waals surface area contributed by atoms with Gasteiger partial charge in [-0.1, -0.05) is 24.3 Å². The van der Waals surface area contributed by atoms with Gasteiger partial charge in [0.2, 0.25) is 0 Å². The maximum absolute atomic E-state index is 10.4. The molecule has 0 spiro atoms. The van der Waals surface area contributed by atoms with E-state index in [0.717, 1.165) is 29.1 Å². The van der Waals surface area contributed by atoms with Crippen LogP contribution in [0.15, 0.2) is 48.5 Å². The van der Waals surface area contributed by atoms with Gasteiger partial charge in [0, 0.05) is 18.8 Å². The first-order valence-electron chi connectivity index (χ1n) is 6.60. The minimum Gasteiger partial charge on any atom is -0.497 e. The number of carboxylic acid groups (broad SMARTS) is 1. The number of benzene rings is 2. The lowest BCUT2D eigenvalue weighted by Crippen LogP contribution is -2.19. The number of ether oxygens (including phenoxy) is 1. The number of rotatable bonds is 6. The number of hydrogen-bond donors (Lipinski definition) is 3. The lowest BCUT2D eigenvalue weighted by atomic mass is 10.2. The summed E-state index contributed by atoms with van der Waals surface area (Å²) in [4.78, 5) is 10.4. The molecule has 2 rings (SSSR count). The Morgan fingerprint density at radius 1 is 1.00 bits per heavy atom. The molecule has 5 heteroatoms. The molecule has 2 aromatic carbocycles. The van der Waals surface area contributed by atoms with Gasteiger partial charge in [-0.05, 0) is 35.4 Å². The van der Waals surface area contributed by atoms with E-state index in [-0.39, 0.29) is 0 Å². The molecule has 0 aliphatic heterocycles. The molecule has 0 aliphatic rings. The summed E-state index contributed by atoms with van der Waals surface area (Å²) in [5.41, 5.74) is 3.07. The van der Waals surface area contributed by atoms with Crippen molar-refractivity contribution in [2.75, 3.05) is 12.4 Å². The molecular weight excluding hydrogens is 268 g/mol. The van der Waals surface area contributed by atoms with E-state index in [9.17, 15) is 4.79 Å². The molecule has 0 bridgehead atoms. The molecule has 0 radical (unpaired) electrons. The summed E-state index contributed by atoms with van der Waals surface area (Å²) in [6.07, 6.45) is -1.02. The number of carbonyl (C=O) groups is 1. The van der Waals surface area contributed by atoms with Crippen molar-refractivity contribution in [3.63, 3.8) is 0 Å². The fourth-order valence-corrected chi connectivity index (χ4v) is 1.87. The van der Waals surface area contributed by atoms with Crippen LogP contribution in [0.25, 0.3) is 0 Å². The molecule has 3 N–H and O–H groups in total. The highest BCUT2D eigenvalue weighted by molar-refractivity contribution is 5.64. The molecule has 0 saturated heterocycles. The Morgan fingerprint density at radius 3 is 2.14 bits per heavy atom.